The lowest BCUT2D eigenvalue weighted by molar-refractivity contribution is -0.129. The Hall–Kier alpha value is -2.25. The molecule has 0 aliphatic carbocycles. The summed E-state index contributed by atoms with van der Waals surface area (Å²) < 4.78 is 0. The lowest BCUT2D eigenvalue weighted by Crippen LogP contribution is -2.39. The van der Waals surface area contributed by atoms with E-state index in [1.807, 2.05) is 69.0 Å². The number of carbonyl (C=O) groups excluding carboxylic acids is 2. The first-order valence-electron chi connectivity index (χ1n) is 10.1. The van der Waals surface area contributed by atoms with Gasteiger partial charge in [0.15, 0.2) is 0 Å². The highest BCUT2D eigenvalue weighted by Gasteiger charge is 2.36. The van der Waals surface area contributed by atoms with Gasteiger partial charge in [-0.05, 0) is 43.0 Å². The Balaban J connectivity index is 1.88. The minimum atomic E-state index is -0.555. The Morgan fingerprint density at radius 3 is 2.21 bits per heavy atom. The average Bonchev–Trinajstić information content (AvgIpc) is 2.66. The van der Waals surface area contributed by atoms with Crippen molar-refractivity contribution < 1.29 is 9.59 Å². The van der Waals surface area contributed by atoms with Crippen LogP contribution in [0.1, 0.15) is 57.2 Å². The molecule has 1 aliphatic heterocycles. The van der Waals surface area contributed by atoms with Crippen molar-refractivity contribution in [2.24, 2.45) is 5.41 Å². The second-order valence-electron chi connectivity index (χ2n) is 9.01. The molecular formula is C25H30NO2P. The highest BCUT2D eigenvalue weighted by molar-refractivity contribution is 7.21. The van der Waals surface area contributed by atoms with Crippen molar-refractivity contribution in [3.05, 3.63) is 65.2 Å². The smallest absolute Gasteiger partial charge is 0.227 e. The summed E-state index contributed by atoms with van der Waals surface area (Å²) in [6.07, 6.45) is 5.04. The first-order chi connectivity index (χ1) is 13.6. The third kappa shape index (κ3) is 4.85. The minimum absolute atomic E-state index is 0.0463. The molecule has 0 saturated carbocycles. The summed E-state index contributed by atoms with van der Waals surface area (Å²) in [5.41, 5.74) is 3.63. The van der Waals surface area contributed by atoms with Crippen molar-refractivity contribution in [2.45, 2.75) is 52.2 Å². The van der Waals surface area contributed by atoms with E-state index in [-0.39, 0.29) is 11.7 Å². The number of hydrogen-bond acceptors (Lipinski definition) is 2. The second-order valence-corrected chi connectivity index (χ2v) is 10.4. The van der Waals surface area contributed by atoms with Gasteiger partial charge in [0.2, 0.25) is 5.91 Å². The number of para-hydroxylation sites is 1. The van der Waals surface area contributed by atoms with Crippen LogP contribution in [-0.4, -0.2) is 16.8 Å². The molecule has 0 saturated heterocycles. The molecule has 3 nitrogen and oxygen atoms in total. The Labute approximate surface area is 176 Å². The van der Waals surface area contributed by atoms with E-state index in [0.29, 0.717) is 19.4 Å². The van der Waals surface area contributed by atoms with E-state index in [4.69, 9.17) is 0 Å². The maximum atomic E-state index is 13.3. The number of nitrogens with zero attached hydrogens (tertiary/aromatic N) is 1. The number of fused-ring (bicyclic) bond motifs is 2. The molecule has 1 heterocycles. The van der Waals surface area contributed by atoms with Crippen LogP contribution in [0, 0.1) is 5.41 Å². The molecule has 29 heavy (non-hydrogen) atoms. The molecule has 0 N–H and O–H groups in total. The highest BCUT2D eigenvalue weighted by atomic mass is 31.0. The fourth-order valence-electron chi connectivity index (χ4n) is 3.91. The summed E-state index contributed by atoms with van der Waals surface area (Å²) in [7, 11) is 2.62. The maximum absolute atomic E-state index is 13.3. The average molecular weight is 407 g/mol. The molecule has 1 aliphatic rings. The molecule has 0 aromatic heterocycles. The predicted octanol–water partition coefficient (Wildman–Crippen LogP) is 5.73. The van der Waals surface area contributed by atoms with Gasteiger partial charge >= 0.3 is 0 Å². The van der Waals surface area contributed by atoms with Gasteiger partial charge in [-0.1, -0.05) is 68.5 Å². The summed E-state index contributed by atoms with van der Waals surface area (Å²) in [6, 6.07) is 16.1. The third-order valence-electron chi connectivity index (χ3n) is 5.52. The van der Waals surface area contributed by atoms with Gasteiger partial charge in [0.05, 0.1) is 12.2 Å². The van der Waals surface area contributed by atoms with Crippen LogP contribution in [0.3, 0.4) is 0 Å². The Bertz CT molecular complexity index is 953. The van der Waals surface area contributed by atoms with E-state index >= 15 is 0 Å². The van der Waals surface area contributed by atoms with E-state index in [9.17, 15) is 9.59 Å². The first-order valence-corrected chi connectivity index (χ1v) is 10.7. The molecule has 0 radical (unpaired) electrons. The van der Waals surface area contributed by atoms with Crippen LogP contribution in [0.5, 0.6) is 0 Å². The van der Waals surface area contributed by atoms with Crippen molar-refractivity contribution in [2.75, 3.05) is 4.90 Å². The van der Waals surface area contributed by atoms with Crippen molar-refractivity contribution in [1.29, 1.82) is 0 Å². The van der Waals surface area contributed by atoms with Gasteiger partial charge < -0.3 is 4.90 Å². The van der Waals surface area contributed by atoms with Gasteiger partial charge in [0.1, 0.15) is 5.78 Å². The molecule has 0 fully saturated rings. The largest absolute Gasteiger partial charge is 0.307 e. The van der Waals surface area contributed by atoms with Crippen molar-refractivity contribution in [3.63, 3.8) is 0 Å². The van der Waals surface area contributed by atoms with Crippen LogP contribution in [0.15, 0.2) is 48.5 Å². The van der Waals surface area contributed by atoms with Crippen LogP contribution >= 0.6 is 9.24 Å². The lowest BCUT2D eigenvalue weighted by Gasteiger charge is -2.32. The molecule has 1 atom stereocenters. The normalized spacial score (nSPS) is 15.0. The number of carbonyl (C=O) groups is 2. The SMILES string of the molecule is CC(C)(P)C(=O)C(C)(C)CCC(=O)N1Cc2ccccc2/C=C\c2ccccc21. The number of ketones is 1. The maximum Gasteiger partial charge on any atom is 0.227 e. The van der Waals surface area contributed by atoms with E-state index < -0.39 is 10.6 Å². The number of anilines is 1. The predicted molar refractivity (Wildman–Crippen MR) is 125 cm³/mol. The second kappa shape index (κ2) is 8.24. The van der Waals surface area contributed by atoms with Crippen LogP contribution in [0.4, 0.5) is 5.69 Å². The number of Topliss-reactive ketones (excluding diaryl/α,β-unsaturated/α-hetero) is 1. The standard InChI is InChI=1S/C25H30NO2P/c1-24(2,23(28)25(3,4)29)16-15-22(27)26-17-20-11-6-5-9-18(20)13-14-19-10-7-8-12-21(19)26/h5-14H,15-17,29H2,1-4H3/b14-13-. The Kier molecular flexibility index (Phi) is 6.10. The number of hydrogen-bond donors (Lipinski definition) is 0. The minimum Gasteiger partial charge on any atom is -0.307 e. The molecule has 0 spiro atoms. The molecule has 1 amide bonds. The van der Waals surface area contributed by atoms with Gasteiger partial charge in [-0.15, -0.1) is 9.24 Å². The van der Waals surface area contributed by atoms with Crippen LogP contribution < -0.4 is 4.90 Å². The summed E-state index contributed by atoms with van der Waals surface area (Å²) in [5, 5.41) is -0.497. The molecule has 2 aromatic rings. The first kappa shape index (κ1) is 21.5. The third-order valence-corrected chi connectivity index (χ3v) is 5.78. The molecular weight excluding hydrogens is 377 g/mol. The van der Waals surface area contributed by atoms with Crippen molar-refractivity contribution >= 4 is 38.8 Å². The molecule has 4 heteroatoms. The number of rotatable bonds is 5. The van der Waals surface area contributed by atoms with Crippen LogP contribution in [-0.2, 0) is 16.1 Å². The molecule has 2 aromatic carbocycles. The number of amides is 1. The monoisotopic (exact) mass is 407 g/mol. The van der Waals surface area contributed by atoms with Gasteiger partial charge in [-0.3, -0.25) is 9.59 Å². The summed E-state index contributed by atoms with van der Waals surface area (Å²) in [5.74, 6) is 0.203. The molecule has 1 unspecified atom stereocenters. The fraction of sp³-hybridized carbons (Fsp3) is 0.360. The molecule has 0 bridgehead atoms. The zero-order chi connectivity index (χ0) is 21.2. The van der Waals surface area contributed by atoms with Gasteiger partial charge in [0, 0.05) is 17.0 Å². The molecule has 152 valence electrons. The summed E-state index contributed by atoms with van der Waals surface area (Å²) in [6.45, 7) is 8.21. The highest BCUT2D eigenvalue weighted by Crippen LogP contribution is 2.35. The van der Waals surface area contributed by atoms with Gasteiger partial charge in [-0.25, -0.2) is 0 Å². The fourth-order valence-corrected chi connectivity index (χ4v) is 4.30. The van der Waals surface area contributed by atoms with E-state index in [0.717, 1.165) is 22.4 Å². The number of benzene rings is 2. The molecule has 3 rings (SSSR count). The van der Waals surface area contributed by atoms with E-state index in [1.165, 1.54) is 0 Å². The van der Waals surface area contributed by atoms with Crippen molar-refractivity contribution in [1.82, 2.24) is 0 Å². The van der Waals surface area contributed by atoms with E-state index in [2.05, 4.69) is 33.5 Å². The van der Waals surface area contributed by atoms with E-state index in [1.54, 1.807) is 0 Å². The zero-order valence-electron chi connectivity index (χ0n) is 17.7. The lowest BCUT2D eigenvalue weighted by atomic mass is 9.78. The topological polar surface area (TPSA) is 37.4 Å². The van der Waals surface area contributed by atoms with Crippen molar-refractivity contribution in [3.8, 4) is 0 Å². The summed E-state index contributed by atoms with van der Waals surface area (Å²) in [4.78, 5) is 28.0. The Morgan fingerprint density at radius 1 is 0.931 bits per heavy atom. The van der Waals surface area contributed by atoms with Gasteiger partial charge in [0.25, 0.3) is 0 Å². The van der Waals surface area contributed by atoms with Crippen LogP contribution in [0.25, 0.3) is 12.2 Å². The quantitative estimate of drug-likeness (QED) is 0.593. The van der Waals surface area contributed by atoms with Crippen LogP contribution in [0.2, 0.25) is 0 Å². The summed E-state index contributed by atoms with van der Waals surface area (Å²) >= 11 is 0. The zero-order valence-corrected chi connectivity index (χ0v) is 18.9. The van der Waals surface area contributed by atoms with Gasteiger partial charge in [-0.2, -0.15) is 0 Å². The Morgan fingerprint density at radius 2 is 1.52 bits per heavy atom.